The van der Waals surface area contributed by atoms with Crippen molar-refractivity contribution in [3.05, 3.63) is 53.2 Å². The summed E-state index contributed by atoms with van der Waals surface area (Å²) in [5, 5.41) is 1.00. The van der Waals surface area contributed by atoms with Gasteiger partial charge >= 0.3 is 5.69 Å². The second-order valence-electron chi connectivity index (χ2n) is 10.9. The predicted octanol–water partition coefficient (Wildman–Crippen LogP) is 4.22. The lowest BCUT2D eigenvalue weighted by atomic mass is 9.92. The van der Waals surface area contributed by atoms with E-state index in [0.29, 0.717) is 6.04 Å². The number of nitrogens with zero attached hydrogens (tertiary/aromatic N) is 6. The Labute approximate surface area is 217 Å². The highest BCUT2D eigenvalue weighted by molar-refractivity contribution is 6.04. The van der Waals surface area contributed by atoms with Crippen molar-refractivity contribution in [2.75, 3.05) is 39.2 Å². The molecule has 6 rings (SSSR count). The van der Waals surface area contributed by atoms with Crippen molar-refractivity contribution in [3.63, 3.8) is 0 Å². The van der Waals surface area contributed by atoms with Gasteiger partial charge in [0.05, 0.1) is 28.9 Å². The number of likely N-dealkylation sites (N-methyl/N-ethyl adjacent to an activating group) is 1. The average Bonchev–Trinajstić information content (AvgIpc) is 3.52. The third kappa shape index (κ3) is 4.22. The molecule has 1 saturated heterocycles. The molecule has 0 radical (unpaired) electrons. The molecule has 3 aromatic heterocycles. The molecule has 0 amide bonds. The standard InChI is InChI=1S/C29H36N6O2/c1-32(2)22-12-13-34(18-22)27-11-9-20(16-31-27)19-8-10-25-24(14-19)28-26(17-30-25)33(3)29(36)35(28)21-6-5-7-23(15-21)37-4/h8-11,14,16-17,21-23H,5-7,12-13,15,18H2,1-4H3/t21-,22-,23-/m1/s1. The third-order valence-electron chi connectivity index (χ3n) is 8.51. The molecule has 0 N–H and O–H groups in total. The van der Waals surface area contributed by atoms with Crippen LogP contribution in [-0.2, 0) is 11.8 Å². The summed E-state index contributed by atoms with van der Waals surface area (Å²) >= 11 is 0. The number of ether oxygens (including phenoxy) is 1. The molecule has 4 aromatic rings. The first-order chi connectivity index (χ1) is 17.9. The van der Waals surface area contributed by atoms with E-state index < -0.39 is 0 Å². The van der Waals surface area contributed by atoms with E-state index in [1.165, 1.54) is 0 Å². The fraction of sp³-hybridized carbons (Fsp3) is 0.483. The fourth-order valence-corrected chi connectivity index (χ4v) is 6.23. The SMILES string of the molecule is CO[C@@H]1CCC[C@@H](n2c(=O)n(C)c3cnc4ccc(-c5ccc(N6CC[C@@H](N(C)C)C6)nc5)cc4c32)C1. The molecule has 8 nitrogen and oxygen atoms in total. The highest BCUT2D eigenvalue weighted by Gasteiger charge is 2.28. The normalized spacial score (nSPS) is 22.5. The average molecular weight is 501 g/mol. The summed E-state index contributed by atoms with van der Waals surface area (Å²) in [5.41, 5.74) is 4.89. The number of hydrogen-bond acceptors (Lipinski definition) is 6. The predicted molar refractivity (Wildman–Crippen MR) is 148 cm³/mol. The third-order valence-corrected chi connectivity index (χ3v) is 8.51. The molecule has 194 valence electrons. The lowest BCUT2D eigenvalue weighted by Gasteiger charge is -2.29. The summed E-state index contributed by atoms with van der Waals surface area (Å²) in [6.07, 6.45) is 9.11. The van der Waals surface area contributed by atoms with Crippen LogP contribution in [0.5, 0.6) is 0 Å². The highest BCUT2D eigenvalue weighted by Crippen LogP contribution is 2.35. The fourth-order valence-electron chi connectivity index (χ4n) is 6.23. The summed E-state index contributed by atoms with van der Waals surface area (Å²) < 4.78 is 9.42. The first kappa shape index (κ1) is 24.1. The largest absolute Gasteiger partial charge is 0.381 e. The number of fused-ring (bicyclic) bond motifs is 3. The first-order valence-corrected chi connectivity index (χ1v) is 13.3. The summed E-state index contributed by atoms with van der Waals surface area (Å²) in [7, 11) is 7.91. The van der Waals surface area contributed by atoms with E-state index in [2.05, 4.69) is 54.2 Å². The smallest absolute Gasteiger partial charge is 0.329 e. The van der Waals surface area contributed by atoms with E-state index in [4.69, 9.17) is 14.7 Å². The summed E-state index contributed by atoms with van der Waals surface area (Å²) in [5.74, 6) is 1.03. The van der Waals surface area contributed by atoms with Gasteiger partial charge in [0, 0.05) is 56.5 Å². The van der Waals surface area contributed by atoms with Gasteiger partial charge in [0.25, 0.3) is 0 Å². The molecular weight excluding hydrogens is 464 g/mol. The van der Waals surface area contributed by atoms with E-state index in [1.807, 2.05) is 24.0 Å². The quantitative estimate of drug-likeness (QED) is 0.409. The number of pyridine rings is 2. The minimum Gasteiger partial charge on any atom is -0.381 e. The van der Waals surface area contributed by atoms with Gasteiger partial charge in [0.2, 0.25) is 0 Å². The van der Waals surface area contributed by atoms with E-state index in [9.17, 15) is 4.79 Å². The van der Waals surface area contributed by atoms with Crippen LogP contribution < -0.4 is 10.6 Å². The topological polar surface area (TPSA) is 68.4 Å². The molecule has 0 bridgehead atoms. The monoisotopic (exact) mass is 500 g/mol. The van der Waals surface area contributed by atoms with Gasteiger partial charge in [-0.15, -0.1) is 0 Å². The maximum absolute atomic E-state index is 13.4. The van der Waals surface area contributed by atoms with Gasteiger partial charge in [0.15, 0.2) is 0 Å². The second kappa shape index (κ2) is 9.58. The highest BCUT2D eigenvalue weighted by atomic mass is 16.5. The number of hydrogen-bond donors (Lipinski definition) is 0. The van der Waals surface area contributed by atoms with Crippen LogP contribution in [-0.4, -0.2) is 70.4 Å². The Morgan fingerprint density at radius 3 is 2.59 bits per heavy atom. The Balaban J connectivity index is 1.40. The van der Waals surface area contributed by atoms with Gasteiger partial charge < -0.3 is 14.5 Å². The molecule has 0 unspecified atom stereocenters. The number of rotatable bonds is 5. The first-order valence-electron chi connectivity index (χ1n) is 13.3. The molecule has 1 saturated carbocycles. The number of aromatic nitrogens is 4. The molecule has 3 atom stereocenters. The van der Waals surface area contributed by atoms with Crippen molar-refractivity contribution in [1.82, 2.24) is 24.0 Å². The van der Waals surface area contributed by atoms with Crippen LogP contribution in [0, 0.1) is 0 Å². The van der Waals surface area contributed by atoms with Crippen molar-refractivity contribution >= 4 is 27.8 Å². The number of benzene rings is 1. The molecule has 1 aliphatic carbocycles. The molecular formula is C29H36N6O2. The minimum absolute atomic E-state index is 0.0177. The van der Waals surface area contributed by atoms with Gasteiger partial charge in [-0.3, -0.25) is 14.1 Å². The van der Waals surface area contributed by atoms with Crippen molar-refractivity contribution in [2.45, 2.75) is 50.3 Å². The van der Waals surface area contributed by atoms with Crippen molar-refractivity contribution < 1.29 is 4.74 Å². The minimum atomic E-state index is 0.0177. The van der Waals surface area contributed by atoms with E-state index in [0.717, 1.165) is 84.1 Å². The molecule has 1 aliphatic heterocycles. The zero-order valence-corrected chi connectivity index (χ0v) is 22.2. The number of anilines is 1. The molecule has 2 fully saturated rings. The van der Waals surface area contributed by atoms with Gasteiger partial charge in [0.1, 0.15) is 5.82 Å². The number of imidazole rings is 1. The lowest BCUT2D eigenvalue weighted by Crippen LogP contribution is -2.31. The van der Waals surface area contributed by atoms with Gasteiger partial charge in [-0.25, -0.2) is 9.78 Å². The summed E-state index contributed by atoms with van der Waals surface area (Å²) in [6, 6.07) is 11.3. The van der Waals surface area contributed by atoms with Crippen LogP contribution in [0.2, 0.25) is 0 Å². The van der Waals surface area contributed by atoms with Gasteiger partial charge in [-0.1, -0.05) is 6.07 Å². The van der Waals surface area contributed by atoms with Crippen LogP contribution >= 0.6 is 0 Å². The second-order valence-corrected chi connectivity index (χ2v) is 10.9. The van der Waals surface area contributed by atoms with Crippen molar-refractivity contribution in [1.29, 1.82) is 0 Å². The Kier molecular flexibility index (Phi) is 6.24. The van der Waals surface area contributed by atoms with E-state index >= 15 is 0 Å². The molecule has 4 heterocycles. The van der Waals surface area contributed by atoms with Crippen LogP contribution in [0.25, 0.3) is 33.1 Å². The zero-order chi connectivity index (χ0) is 25.7. The van der Waals surface area contributed by atoms with Crippen molar-refractivity contribution in [3.8, 4) is 11.1 Å². The maximum Gasteiger partial charge on any atom is 0.329 e. The molecule has 1 aromatic carbocycles. The van der Waals surface area contributed by atoms with Gasteiger partial charge in [-0.05, 0) is 76.0 Å². The molecule has 2 aliphatic rings. The Bertz CT molecular complexity index is 1490. The number of aryl methyl sites for hydroxylation is 1. The zero-order valence-electron chi connectivity index (χ0n) is 22.2. The Morgan fingerprint density at radius 2 is 1.86 bits per heavy atom. The molecule has 0 spiro atoms. The summed E-state index contributed by atoms with van der Waals surface area (Å²) in [6.45, 7) is 2.04. The number of methoxy groups -OCH3 is 1. The lowest BCUT2D eigenvalue weighted by molar-refractivity contribution is 0.0531. The maximum atomic E-state index is 13.4. The van der Waals surface area contributed by atoms with E-state index in [-0.39, 0.29) is 17.8 Å². The Morgan fingerprint density at radius 1 is 1.03 bits per heavy atom. The van der Waals surface area contributed by atoms with Gasteiger partial charge in [-0.2, -0.15) is 0 Å². The van der Waals surface area contributed by atoms with Crippen molar-refractivity contribution in [2.24, 2.45) is 7.05 Å². The Hall–Kier alpha value is -3.23. The molecule has 37 heavy (non-hydrogen) atoms. The van der Waals surface area contributed by atoms with Crippen LogP contribution in [0.3, 0.4) is 0 Å². The van der Waals surface area contributed by atoms with Crippen LogP contribution in [0.4, 0.5) is 5.82 Å². The van der Waals surface area contributed by atoms with Crippen LogP contribution in [0.1, 0.15) is 38.1 Å². The summed E-state index contributed by atoms with van der Waals surface area (Å²) in [4.78, 5) is 27.6. The van der Waals surface area contributed by atoms with E-state index in [1.54, 1.807) is 11.7 Å². The van der Waals surface area contributed by atoms with Crippen LogP contribution in [0.15, 0.2) is 47.5 Å². The molecule has 8 heteroatoms.